The van der Waals surface area contributed by atoms with E-state index in [0.29, 0.717) is 33.2 Å². The van der Waals surface area contributed by atoms with Gasteiger partial charge in [0.05, 0.1) is 17.6 Å². The van der Waals surface area contributed by atoms with E-state index in [4.69, 9.17) is 25.2 Å². The molecule has 2 aromatic heterocycles. The van der Waals surface area contributed by atoms with Crippen molar-refractivity contribution in [2.45, 2.75) is 12.1 Å². The number of nitro groups is 1. The number of hydrogen-bond acceptors (Lipinski definition) is 9. The van der Waals surface area contributed by atoms with Gasteiger partial charge in [0, 0.05) is 28.8 Å². The number of aliphatic carboxylic acids is 1. The van der Waals surface area contributed by atoms with Crippen molar-refractivity contribution in [2.24, 2.45) is 0 Å². The molecule has 0 radical (unpaired) electrons. The van der Waals surface area contributed by atoms with Gasteiger partial charge in [0.25, 0.3) is 16.8 Å². The highest BCUT2D eigenvalue weighted by atomic mass is 35.5. The standard InChI is InChI=1S/C23H16ClN3O7S/c1-12-9-14(27(30)31)4-6-16(12)19-8-5-15(33-19)11-20(22(28)29)35-23-26-25-21(34-23)17-10-13(24)3-7-18(17)32-2/h3-11H,1-2H3,(H,28,29)/b20-11-. The maximum atomic E-state index is 11.8. The molecule has 0 atom stereocenters. The van der Waals surface area contributed by atoms with Crippen LogP contribution in [0.15, 0.2) is 67.5 Å². The molecule has 0 bridgehead atoms. The summed E-state index contributed by atoms with van der Waals surface area (Å²) in [4.78, 5) is 22.2. The van der Waals surface area contributed by atoms with Gasteiger partial charge in [-0.25, -0.2) is 4.79 Å². The molecule has 4 aromatic rings. The van der Waals surface area contributed by atoms with Crippen LogP contribution >= 0.6 is 23.4 Å². The number of thioether (sulfide) groups is 1. The Kier molecular flexibility index (Phi) is 6.90. The van der Waals surface area contributed by atoms with Crippen molar-refractivity contribution >= 4 is 41.1 Å². The van der Waals surface area contributed by atoms with Crippen LogP contribution in [0.2, 0.25) is 5.02 Å². The summed E-state index contributed by atoms with van der Waals surface area (Å²) in [5, 5.41) is 28.9. The van der Waals surface area contributed by atoms with Gasteiger partial charge in [-0.3, -0.25) is 10.1 Å². The van der Waals surface area contributed by atoms with E-state index in [0.717, 1.165) is 11.8 Å². The van der Waals surface area contributed by atoms with Crippen LogP contribution in [0.5, 0.6) is 5.75 Å². The molecular formula is C23H16ClN3O7S. The van der Waals surface area contributed by atoms with E-state index in [2.05, 4.69) is 10.2 Å². The molecule has 0 fully saturated rings. The third kappa shape index (κ3) is 5.36. The number of methoxy groups -OCH3 is 1. The topological polar surface area (TPSA) is 142 Å². The minimum atomic E-state index is -1.22. The smallest absolute Gasteiger partial charge is 0.342 e. The maximum Gasteiger partial charge on any atom is 0.342 e. The molecule has 12 heteroatoms. The van der Waals surface area contributed by atoms with Crippen LogP contribution in [0, 0.1) is 17.0 Å². The summed E-state index contributed by atoms with van der Waals surface area (Å²) in [6.07, 6.45) is 1.32. The van der Waals surface area contributed by atoms with Gasteiger partial charge >= 0.3 is 5.97 Å². The van der Waals surface area contributed by atoms with Crippen LogP contribution in [-0.4, -0.2) is 33.3 Å². The number of furan rings is 1. The molecule has 2 heterocycles. The van der Waals surface area contributed by atoms with Gasteiger partial charge < -0.3 is 18.7 Å². The molecule has 0 spiro atoms. The van der Waals surface area contributed by atoms with E-state index in [9.17, 15) is 20.0 Å². The van der Waals surface area contributed by atoms with Crippen LogP contribution in [0.3, 0.4) is 0 Å². The Labute approximate surface area is 207 Å². The summed E-state index contributed by atoms with van der Waals surface area (Å²) in [5.74, 6) is 0.0590. The molecule has 2 aromatic carbocycles. The first kappa shape index (κ1) is 24.0. The van der Waals surface area contributed by atoms with Crippen molar-refractivity contribution in [3.05, 3.63) is 79.9 Å². The summed E-state index contributed by atoms with van der Waals surface area (Å²) >= 11 is 6.80. The van der Waals surface area contributed by atoms with Gasteiger partial charge in [-0.2, -0.15) is 0 Å². The molecule has 0 amide bonds. The Morgan fingerprint density at radius 2 is 1.94 bits per heavy atom. The highest BCUT2D eigenvalue weighted by Crippen LogP contribution is 2.35. The van der Waals surface area contributed by atoms with Crippen LogP contribution in [0.1, 0.15) is 11.3 Å². The molecule has 35 heavy (non-hydrogen) atoms. The quantitative estimate of drug-likeness (QED) is 0.127. The Balaban J connectivity index is 1.59. The number of carboxylic acids is 1. The summed E-state index contributed by atoms with van der Waals surface area (Å²) in [6, 6.07) is 12.5. The highest BCUT2D eigenvalue weighted by molar-refractivity contribution is 8.03. The van der Waals surface area contributed by atoms with E-state index >= 15 is 0 Å². The predicted octanol–water partition coefficient (Wildman–Crippen LogP) is 6.09. The molecule has 0 unspecified atom stereocenters. The number of carbonyl (C=O) groups is 1. The molecule has 0 saturated carbocycles. The second-order valence-corrected chi connectivity index (χ2v) is 8.52. The lowest BCUT2D eigenvalue weighted by molar-refractivity contribution is -0.384. The first-order valence-corrected chi connectivity index (χ1v) is 11.1. The average Bonchev–Trinajstić information content (AvgIpc) is 3.48. The fraction of sp³-hybridized carbons (Fsp3) is 0.0870. The molecule has 10 nitrogen and oxygen atoms in total. The number of carboxylic acid groups (broad SMARTS) is 1. The summed E-state index contributed by atoms with van der Waals surface area (Å²) < 4.78 is 16.7. The van der Waals surface area contributed by atoms with Gasteiger partial charge in [-0.15, -0.1) is 10.2 Å². The first-order chi connectivity index (χ1) is 16.7. The Hall–Kier alpha value is -4.09. The van der Waals surface area contributed by atoms with E-state index < -0.39 is 10.9 Å². The van der Waals surface area contributed by atoms with Crippen LogP contribution in [0.4, 0.5) is 5.69 Å². The van der Waals surface area contributed by atoms with E-state index in [1.807, 2.05) is 0 Å². The molecule has 0 aliphatic carbocycles. The number of halogens is 1. The second kappa shape index (κ2) is 10.0. The van der Waals surface area contributed by atoms with E-state index in [-0.39, 0.29) is 27.5 Å². The first-order valence-electron chi connectivity index (χ1n) is 9.90. The lowest BCUT2D eigenvalue weighted by atomic mass is 10.1. The molecule has 0 aliphatic heterocycles. The number of nitrogens with zero attached hydrogens (tertiary/aromatic N) is 3. The number of ether oxygens (including phenoxy) is 1. The lowest BCUT2D eigenvalue weighted by Gasteiger charge is -2.04. The highest BCUT2D eigenvalue weighted by Gasteiger charge is 2.19. The summed E-state index contributed by atoms with van der Waals surface area (Å²) in [6.45, 7) is 1.72. The van der Waals surface area contributed by atoms with Crippen molar-refractivity contribution in [1.29, 1.82) is 0 Å². The van der Waals surface area contributed by atoms with Crippen molar-refractivity contribution in [3.8, 4) is 28.5 Å². The number of non-ortho nitro benzene ring substituents is 1. The predicted molar refractivity (Wildman–Crippen MR) is 128 cm³/mol. The van der Waals surface area contributed by atoms with Crippen molar-refractivity contribution in [3.63, 3.8) is 0 Å². The normalized spacial score (nSPS) is 11.5. The van der Waals surface area contributed by atoms with Crippen molar-refractivity contribution in [1.82, 2.24) is 10.2 Å². The van der Waals surface area contributed by atoms with E-state index in [1.54, 1.807) is 43.3 Å². The number of benzene rings is 2. The van der Waals surface area contributed by atoms with Crippen LogP contribution in [0.25, 0.3) is 28.9 Å². The van der Waals surface area contributed by atoms with Gasteiger partial charge in [0.1, 0.15) is 22.2 Å². The fourth-order valence-corrected chi connectivity index (χ4v) is 4.00. The molecule has 0 aliphatic rings. The van der Waals surface area contributed by atoms with Crippen molar-refractivity contribution in [2.75, 3.05) is 7.11 Å². The summed E-state index contributed by atoms with van der Waals surface area (Å²) in [7, 11) is 1.49. The Morgan fingerprint density at radius 1 is 1.14 bits per heavy atom. The van der Waals surface area contributed by atoms with Crippen LogP contribution in [-0.2, 0) is 4.79 Å². The number of aromatic nitrogens is 2. The second-order valence-electron chi connectivity index (χ2n) is 7.09. The van der Waals surface area contributed by atoms with Crippen molar-refractivity contribution < 1.29 is 28.4 Å². The third-order valence-corrected chi connectivity index (χ3v) is 5.88. The number of rotatable bonds is 8. The summed E-state index contributed by atoms with van der Waals surface area (Å²) in [5.41, 5.74) is 1.73. The fourth-order valence-electron chi connectivity index (χ4n) is 3.18. The SMILES string of the molecule is COc1ccc(Cl)cc1-c1nnc(S/C(=C\c2ccc(-c3ccc([N+](=O)[O-])cc3C)o2)C(=O)O)o1. The van der Waals surface area contributed by atoms with Gasteiger partial charge in [-0.1, -0.05) is 11.6 Å². The molecule has 178 valence electrons. The van der Waals surface area contributed by atoms with Gasteiger partial charge in [0.2, 0.25) is 0 Å². The van der Waals surface area contributed by atoms with Crippen LogP contribution < -0.4 is 4.74 Å². The zero-order chi connectivity index (χ0) is 25.1. The van der Waals surface area contributed by atoms with E-state index in [1.165, 1.54) is 25.3 Å². The molecular weight excluding hydrogens is 498 g/mol. The Bertz CT molecular complexity index is 1460. The minimum Gasteiger partial charge on any atom is -0.496 e. The zero-order valence-electron chi connectivity index (χ0n) is 18.2. The Morgan fingerprint density at radius 3 is 2.63 bits per heavy atom. The number of nitro benzene ring substituents is 1. The number of hydrogen-bond donors (Lipinski definition) is 1. The number of aryl methyl sites for hydroxylation is 1. The average molecular weight is 514 g/mol. The maximum absolute atomic E-state index is 11.8. The van der Waals surface area contributed by atoms with Gasteiger partial charge in [-0.05, 0) is 60.6 Å². The lowest BCUT2D eigenvalue weighted by Crippen LogP contribution is -1.96. The molecule has 4 rings (SSSR count). The minimum absolute atomic E-state index is 0.00586. The molecule has 1 N–H and O–H groups in total. The monoisotopic (exact) mass is 513 g/mol. The molecule has 0 saturated heterocycles. The zero-order valence-corrected chi connectivity index (χ0v) is 19.8. The van der Waals surface area contributed by atoms with Gasteiger partial charge in [0.15, 0.2) is 0 Å². The third-order valence-electron chi connectivity index (χ3n) is 4.79. The largest absolute Gasteiger partial charge is 0.496 e.